The van der Waals surface area contributed by atoms with Crippen LogP contribution in [0.5, 0.6) is 0 Å². The van der Waals surface area contributed by atoms with E-state index in [2.05, 4.69) is 0 Å². The average molecular weight is 691 g/mol. The van der Waals surface area contributed by atoms with Crippen LogP contribution >= 0.6 is 0 Å². The third kappa shape index (κ3) is 318. The van der Waals surface area contributed by atoms with Gasteiger partial charge in [0, 0.05) is 0 Å². The summed E-state index contributed by atoms with van der Waals surface area (Å²) < 4.78 is 104. The van der Waals surface area contributed by atoms with Crippen LogP contribution in [0.1, 0.15) is 0 Å². The Morgan fingerprint density at radius 3 is 0.263 bits per heavy atom. The zero-order chi connectivity index (χ0) is 13.5. The van der Waals surface area contributed by atoms with Crippen molar-refractivity contribution in [2.24, 2.45) is 0 Å². The molecule has 0 N–H and O–H groups in total. The largest absolute Gasteiger partial charge is 3.00 e. The molecule has 0 unspecified atom stereocenters. The van der Waals surface area contributed by atoms with Gasteiger partial charge in [-0.25, -0.2) is 0 Å². The SMILES string of the molecule is [O-][Ti]([O-])([O-])[O-].[O-][Ti]([O-])([O-])[O-].[O-][Ti]([O-])([O-])[O-].[Y+3].[Y+3].[Y+3].[Y+3]. The molecule has 12 nitrogen and oxygen atoms in total. The van der Waals surface area contributed by atoms with Gasteiger partial charge in [-0.05, 0) is 0 Å². The summed E-state index contributed by atoms with van der Waals surface area (Å²) in [7, 11) is 0. The van der Waals surface area contributed by atoms with Gasteiger partial charge >= 0.3 is 230 Å². The standard InChI is InChI=1S/12O.3Ti.4Y/q12*-1;;;;4*+3. The maximum Gasteiger partial charge on any atom is 3.00 e. The minimum atomic E-state index is -6.00. The molecule has 0 aromatic carbocycles. The van der Waals surface area contributed by atoms with E-state index in [1.165, 1.54) is 0 Å². The minimum absolute atomic E-state index is 0. The molecule has 0 fully saturated rings. The number of hydrogen-bond acceptors (Lipinski definition) is 12. The molecule has 0 amide bonds. The summed E-state index contributed by atoms with van der Waals surface area (Å²) in [5.41, 5.74) is 0. The smallest absolute Gasteiger partial charge is 3.00 e. The van der Waals surface area contributed by atoms with Crippen molar-refractivity contribution in [3.63, 3.8) is 0 Å². The Kier molecular flexibility index (Phi) is 51.8. The molecular formula is O12Ti3Y4. The summed E-state index contributed by atoms with van der Waals surface area (Å²) in [6.07, 6.45) is 0. The fraction of sp³-hybridized carbons (Fsp3) is 0. The normalized spacial score (nSPS) is 9.47. The summed E-state index contributed by atoms with van der Waals surface area (Å²) in [6, 6.07) is 0. The minimum Gasteiger partial charge on any atom is 3.00 e. The molecule has 96 valence electrons. The van der Waals surface area contributed by atoms with Crippen LogP contribution in [0.2, 0.25) is 0 Å². The van der Waals surface area contributed by atoms with E-state index in [0.29, 0.717) is 0 Å². The van der Waals surface area contributed by atoms with Crippen LogP contribution in [-0.2, 0) is 185 Å². The monoisotopic (exact) mass is 691 g/mol. The molecule has 0 atom stereocenters. The number of rotatable bonds is 0. The Bertz CT molecular complexity index is 100.0. The first-order chi connectivity index (χ1) is 6.00. The van der Waals surface area contributed by atoms with E-state index < -0.39 is 54.4 Å². The van der Waals surface area contributed by atoms with Crippen LogP contribution in [0.3, 0.4) is 0 Å². The van der Waals surface area contributed by atoms with Crippen LogP contribution in [0.4, 0.5) is 0 Å². The van der Waals surface area contributed by atoms with Crippen molar-refractivity contribution in [1.82, 2.24) is 0 Å². The first kappa shape index (κ1) is 44.5. The molecule has 0 bridgehead atoms. The van der Waals surface area contributed by atoms with Crippen molar-refractivity contribution >= 4 is 0 Å². The average Bonchev–Trinajstić information content (AvgIpc) is 1.41. The summed E-state index contributed by atoms with van der Waals surface area (Å²) >= 11 is -18.0. The molecule has 19 heteroatoms. The fourth-order valence-corrected chi connectivity index (χ4v) is 0. The molecule has 0 rings (SSSR count). The topological polar surface area (TPSA) is 277 Å². The molecule has 0 aliphatic rings. The van der Waals surface area contributed by atoms with Crippen LogP contribution in [0, 0.1) is 0 Å². The predicted octanol–water partition coefficient (Wildman–Crippen LogP) is -14.3. The maximum absolute atomic E-state index is 8.62. The van der Waals surface area contributed by atoms with Gasteiger partial charge in [0.2, 0.25) is 0 Å². The van der Waals surface area contributed by atoms with E-state index >= 15 is 0 Å². The first-order valence-corrected chi connectivity index (χ1v) is 10.1. The van der Waals surface area contributed by atoms with Gasteiger partial charge in [-0.2, -0.15) is 0 Å². The van der Waals surface area contributed by atoms with Gasteiger partial charge in [0.25, 0.3) is 0 Å². The van der Waals surface area contributed by atoms with Crippen molar-refractivity contribution in [3.8, 4) is 0 Å². The van der Waals surface area contributed by atoms with Crippen molar-refractivity contribution in [3.05, 3.63) is 0 Å². The Balaban J connectivity index is -0.0000000206. The van der Waals surface area contributed by atoms with Gasteiger partial charge < -0.3 is 0 Å². The molecule has 0 aromatic heterocycles. The van der Waals surface area contributed by atoms with E-state index in [-0.39, 0.29) is 131 Å². The van der Waals surface area contributed by atoms with Crippen LogP contribution in [0.25, 0.3) is 0 Å². The maximum atomic E-state index is 8.62. The third-order valence-electron chi connectivity index (χ3n) is 0. The predicted molar refractivity (Wildman–Crippen MR) is 0 cm³/mol. The molecule has 0 aliphatic carbocycles. The molecule has 0 aromatic rings. The van der Waals surface area contributed by atoms with Crippen LogP contribution < -0.4 is 44.3 Å². The second-order valence-corrected chi connectivity index (χ2v) is 6.18. The van der Waals surface area contributed by atoms with E-state index in [0.717, 1.165) is 0 Å². The molecule has 0 aliphatic heterocycles. The zero-order valence-corrected chi connectivity index (χ0v) is 24.7. The Morgan fingerprint density at radius 2 is 0.263 bits per heavy atom. The summed E-state index contributed by atoms with van der Waals surface area (Å²) in [5.74, 6) is 0. The quantitative estimate of drug-likeness (QED) is 0.214. The molecule has 0 saturated carbocycles. The summed E-state index contributed by atoms with van der Waals surface area (Å²) in [4.78, 5) is 0. The zero-order valence-electron chi connectivity index (χ0n) is 8.71. The van der Waals surface area contributed by atoms with Crippen LogP contribution in [-0.4, -0.2) is 0 Å². The van der Waals surface area contributed by atoms with Gasteiger partial charge in [0.05, 0.1) is 0 Å². The summed E-state index contributed by atoms with van der Waals surface area (Å²) in [6.45, 7) is 0. The van der Waals surface area contributed by atoms with Gasteiger partial charge in [0.15, 0.2) is 0 Å². The molecule has 0 saturated heterocycles. The Hall–Kier alpha value is 6.08. The van der Waals surface area contributed by atoms with Crippen LogP contribution in [0.15, 0.2) is 0 Å². The van der Waals surface area contributed by atoms with Crippen molar-refractivity contribution in [1.29, 1.82) is 0 Å². The fourth-order valence-electron chi connectivity index (χ4n) is 0. The van der Waals surface area contributed by atoms with E-state index in [1.807, 2.05) is 0 Å². The first-order valence-electron chi connectivity index (χ1n) is 2.45. The summed E-state index contributed by atoms with van der Waals surface area (Å²) in [5, 5.41) is 0. The van der Waals surface area contributed by atoms with Crippen molar-refractivity contribution < 1.29 is 230 Å². The Labute approximate surface area is 224 Å². The molecule has 0 radical (unpaired) electrons. The molecule has 0 spiro atoms. The van der Waals surface area contributed by atoms with E-state index in [1.54, 1.807) is 0 Å². The third-order valence-corrected chi connectivity index (χ3v) is 0. The molecule has 19 heavy (non-hydrogen) atoms. The number of hydrogen-bond donors (Lipinski definition) is 0. The van der Waals surface area contributed by atoms with Gasteiger partial charge in [-0.15, -0.1) is 0 Å². The van der Waals surface area contributed by atoms with Crippen molar-refractivity contribution in [2.45, 2.75) is 0 Å². The van der Waals surface area contributed by atoms with E-state index in [4.69, 9.17) is 44.3 Å². The van der Waals surface area contributed by atoms with E-state index in [9.17, 15) is 0 Å². The van der Waals surface area contributed by atoms with Gasteiger partial charge in [-0.1, -0.05) is 0 Å². The second kappa shape index (κ2) is 22.1. The molecule has 0 heterocycles. The molecular weight excluding hydrogens is 691 g/mol. The second-order valence-electron chi connectivity index (χ2n) is 1.50. The Morgan fingerprint density at radius 1 is 0.263 bits per heavy atom. The van der Waals surface area contributed by atoms with Gasteiger partial charge in [0.1, 0.15) is 0 Å². The van der Waals surface area contributed by atoms with Gasteiger partial charge in [-0.3, -0.25) is 0 Å². The van der Waals surface area contributed by atoms with Crippen molar-refractivity contribution in [2.75, 3.05) is 0 Å².